The first kappa shape index (κ1) is 24.9. The van der Waals surface area contributed by atoms with Crippen LogP contribution >= 0.6 is 0 Å². The monoisotopic (exact) mass is 439 g/mol. The molecule has 2 aromatic carbocycles. The summed E-state index contributed by atoms with van der Waals surface area (Å²) in [5.74, 6) is 0. The SMILES string of the molecule is CCCCCCCCN(C)C1C(OCc2ccccc2)CC(OCc2ccccc2)C1O. The molecule has 1 N–H and O–H groups in total. The highest BCUT2D eigenvalue weighted by Crippen LogP contribution is 2.31. The largest absolute Gasteiger partial charge is 0.389 e. The molecule has 0 aliphatic heterocycles. The van der Waals surface area contributed by atoms with Gasteiger partial charge in [-0.25, -0.2) is 0 Å². The Morgan fingerprint density at radius 1 is 0.781 bits per heavy atom. The molecule has 1 aliphatic rings. The van der Waals surface area contributed by atoms with Crippen LogP contribution in [0.2, 0.25) is 0 Å². The first-order valence-electron chi connectivity index (χ1n) is 12.4. The van der Waals surface area contributed by atoms with E-state index in [9.17, 15) is 5.11 Å². The first-order valence-corrected chi connectivity index (χ1v) is 12.4. The Morgan fingerprint density at radius 2 is 1.31 bits per heavy atom. The third-order valence-corrected chi connectivity index (χ3v) is 6.56. The Labute approximate surface area is 194 Å². The third-order valence-electron chi connectivity index (χ3n) is 6.56. The van der Waals surface area contributed by atoms with Crippen molar-refractivity contribution >= 4 is 0 Å². The minimum absolute atomic E-state index is 0.0453. The van der Waals surface area contributed by atoms with Gasteiger partial charge >= 0.3 is 0 Å². The van der Waals surface area contributed by atoms with Gasteiger partial charge in [-0.2, -0.15) is 0 Å². The smallest absolute Gasteiger partial charge is 0.0982 e. The summed E-state index contributed by atoms with van der Waals surface area (Å²) < 4.78 is 12.5. The maximum absolute atomic E-state index is 11.2. The van der Waals surface area contributed by atoms with E-state index >= 15 is 0 Å². The van der Waals surface area contributed by atoms with Crippen molar-refractivity contribution in [3.05, 3.63) is 71.8 Å². The summed E-state index contributed by atoms with van der Waals surface area (Å²) in [6.07, 6.45) is 7.53. The van der Waals surface area contributed by atoms with Crippen LogP contribution in [0.5, 0.6) is 0 Å². The second kappa shape index (κ2) is 13.7. The van der Waals surface area contributed by atoms with E-state index in [1.54, 1.807) is 0 Å². The van der Waals surface area contributed by atoms with Crippen LogP contribution in [0.3, 0.4) is 0 Å². The molecular formula is C28H41NO3. The molecule has 1 saturated carbocycles. The Bertz CT molecular complexity index is 739. The lowest BCUT2D eigenvalue weighted by molar-refractivity contribution is -0.0532. The lowest BCUT2D eigenvalue weighted by Crippen LogP contribution is -2.47. The molecule has 32 heavy (non-hydrogen) atoms. The molecule has 0 aromatic heterocycles. The average Bonchev–Trinajstić information content (AvgIpc) is 3.15. The number of benzene rings is 2. The van der Waals surface area contributed by atoms with E-state index in [-0.39, 0.29) is 18.2 Å². The molecule has 1 aliphatic carbocycles. The molecule has 0 heterocycles. The summed E-state index contributed by atoms with van der Waals surface area (Å²) in [5, 5.41) is 11.2. The predicted molar refractivity (Wildman–Crippen MR) is 130 cm³/mol. The number of aliphatic hydroxyl groups excluding tert-OH is 1. The van der Waals surface area contributed by atoms with Crippen LogP contribution in [0.25, 0.3) is 0 Å². The quantitative estimate of drug-likeness (QED) is 0.390. The number of nitrogens with zero attached hydrogens (tertiary/aromatic N) is 1. The molecule has 4 heteroatoms. The number of hydrogen-bond acceptors (Lipinski definition) is 4. The van der Waals surface area contributed by atoms with Gasteiger partial charge in [0.1, 0.15) is 0 Å². The summed E-state index contributed by atoms with van der Waals surface area (Å²) in [7, 11) is 2.12. The van der Waals surface area contributed by atoms with Crippen molar-refractivity contribution in [3.8, 4) is 0 Å². The average molecular weight is 440 g/mol. The molecule has 0 amide bonds. The molecule has 0 bridgehead atoms. The van der Waals surface area contributed by atoms with E-state index in [1.807, 2.05) is 36.4 Å². The summed E-state index contributed by atoms with van der Waals surface area (Å²) in [6.45, 7) is 4.30. The van der Waals surface area contributed by atoms with Crippen LogP contribution in [-0.4, -0.2) is 48.0 Å². The highest BCUT2D eigenvalue weighted by atomic mass is 16.5. The normalized spacial score (nSPS) is 23.1. The van der Waals surface area contributed by atoms with Crippen molar-refractivity contribution in [2.75, 3.05) is 13.6 Å². The fourth-order valence-electron chi connectivity index (χ4n) is 4.67. The zero-order chi connectivity index (χ0) is 22.6. The van der Waals surface area contributed by atoms with Crippen molar-refractivity contribution in [2.45, 2.75) is 89.4 Å². The highest BCUT2D eigenvalue weighted by Gasteiger charge is 2.45. The molecule has 4 atom stereocenters. The summed E-state index contributed by atoms with van der Waals surface area (Å²) in [5.41, 5.74) is 2.29. The number of ether oxygens (including phenoxy) is 2. The van der Waals surface area contributed by atoms with Crippen molar-refractivity contribution in [3.63, 3.8) is 0 Å². The lowest BCUT2D eigenvalue weighted by atomic mass is 10.1. The fourth-order valence-corrected chi connectivity index (χ4v) is 4.67. The molecule has 0 radical (unpaired) electrons. The van der Waals surface area contributed by atoms with Crippen molar-refractivity contribution in [1.29, 1.82) is 0 Å². The molecular weight excluding hydrogens is 398 g/mol. The second-order valence-corrected chi connectivity index (χ2v) is 9.14. The van der Waals surface area contributed by atoms with E-state index < -0.39 is 6.10 Å². The van der Waals surface area contributed by atoms with Crippen LogP contribution in [0, 0.1) is 0 Å². The van der Waals surface area contributed by atoms with Crippen LogP contribution in [0.15, 0.2) is 60.7 Å². The van der Waals surface area contributed by atoms with Crippen molar-refractivity contribution in [2.24, 2.45) is 0 Å². The molecule has 0 saturated heterocycles. The van der Waals surface area contributed by atoms with E-state index in [0.29, 0.717) is 19.6 Å². The predicted octanol–water partition coefficient (Wildman–Crippen LogP) is 5.58. The Kier molecular flexibility index (Phi) is 10.7. The van der Waals surface area contributed by atoms with Gasteiger partial charge in [0.05, 0.1) is 37.6 Å². The standard InChI is InChI=1S/C28H41NO3/c1-3-4-5-6-7-14-19-29(2)27-25(31-21-23-15-10-8-11-16-23)20-26(28(27)30)32-22-24-17-12-9-13-18-24/h8-13,15-18,25-28,30H,3-7,14,19-22H2,1-2H3. The first-order chi connectivity index (χ1) is 15.7. The minimum Gasteiger partial charge on any atom is -0.389 e. The van der Waals surface area contributed by atoms with Gasteiger partial charge in [-0.1, -0.05) is 99.7 Å². The molecule has 4 nitrogen and oxygen atoms in total. The van der Waals surface area contributed by atoms with E-state index in [2.05, 4.69) is 43.1 Å². The van der Waals surface area contributed by atoms with Gasteiger partial charge < -0.3 is 14.6 Å². The molecule has 1 fully saturated rings. The summed E-state index contributed by atoms with van der Waals surface area (Å²) in [6, 6.07) is 20.4. The molecule has 2 aromatic rings. The van der Waals surface area contributed by atoms with Crippen LogP contribution in [-0.2, 0) is 22.7 Å². The number of likely N-dealkylation sites (N-methyl/N-ethyl adjacent to an activating group) is 1. The maximum Gasteiger partial charge on any atom is 0.0982 e. The maximum atomic E-state index is 11.2. The van der Waals surface area contributed by atoms with Crippen LogP contribution < -0.4 is 0 Å². The molecule has 0 spiro atoms. The molecule has 4 unspecified atom stereocenters. The van der Waals surface area contributed by atoms with Gasteiger partial charge in [-0.05, 0) is 31.1 Å². The van der Waals surface area contributed by atoms with Gasteiger partial charge in [0.25, 0.3) is 0 Å². The van der Waals surface area contributed by atoms with Crippen LogP contribution in [0.1, 0.15) is 63.0 Å². The molecule has 176 valence electrons. The highest BCUT2D eigenvalue weighted by molar-refractivity contribution is 5.14. The number of unbranched alkanes of at least 4 members (excludes halogenated alkanes) is 5. The third kappa shape index (κ3) is 7.70. The number of hydrogen-bond donors (Lipinski definition) is 1. The summed E-state index contributed by atoms with van der Waals surface area (Å²) in [4.78, 5) is 2.30. The number of aliphatic hydroxyl groups is 1. The van der Waals surface area contributed by atoms with Gasteiger partial charge in [0.2, 0.25) is 0 Å². The van der Waals surface area contributed by atoms with Gasteiger partial charge in [-0.3, -0.25) is 4.90 Å². The Hall–Kier alpha value is -1.72. The van der Waals surface area contributed by atoms with Gasteiger partial charge in [-0.15, -0.1) is 0 Å². The zero-order valence-corrected chi connectivity index (χ0v) is 19.9. The topological polar surface area (TPSA) is 41.9 Å². The van der Waals surface area contributed by atoms with Crippen molar-refractivity contribution in [1.82, 2.24) is 4.90 Å². The van der Waals surface area contributed by atoms with E-state index in [4.69, 9.17) is 9.47 Å². The van der Waals surface area contributed by atoms with Crippen LogP contribution in [0.4, 0.5) is 0 Å². The van der Waals surface area contributed by atoms with Gasteiger partial charge in [0, 0.05) is 6.42 Å². The summed E-state index contributed by atoms with van der Waals surface area (Å²) >= 11 is 0. The molecule has 3 rings (SSSR count). The Morgan fingerprint density at radius 3 is 1.91 bits per heavy atom. The fraction of sp³-hybridized carbons (Fsp3) is 0.571. The zero-order valence-electron chi connectivity index (χ0n) is 19.9. The number of rotatable bonds is 14. The minimum atomic E-state index is -0.551. The second-order valence-electron chi connectivity index (χ2n) is 9.14. The van der Waals surface area contributed by atoms with Crippen molar-refractivity contribution < 1.29 is 14.6 Å². The van der Waals surface area contributed by atoms with Gasteiger partial charge in [0.15, 0.2) is 0 Å². The van der Waals surface area contributed by atoms with E-state index in [1.165, 1.54) is 32.1 Å². The Balaban J connectivity index is 1.56. The lowest BCUT2D eigenvalue weighted by Gasteiger charge is -2.32. The van der Waals surface area contributed by atoms with E-state index in [0.717, 1.165) is 24.1 Å².